The zero-order chi connectivity index (χ0) is 15.5. The first-order valence-corrected chi connectivity index (χ1v) is 8.54. The minimum absolute atomic E-state index is 0.225. The van der Waals surface area contributed by atoms with Crippen LogP contribution in [0.15, 0.2) is 48.5 Å². The van der Waals surface area contributed by atoms with Crippen LogP contribution in [0, 0.1) is 13.8 Å². The van der Waals surface area contributed by atoms with Gasteiger partial charge in [-0.3, -0.25) is 9.36 Å². The van der Waals surface area contributed by atoms with Crippen LogP contribution in [0.25, 0.3) is 0 Å². The molecular weight excluding hydrogens is 283 g/mol. The van der Waals surface area contributed by atoms with Crippen LogP contribution >= 0.6 is 7.37 Å². The van der Waals surface area contributed by atoms with Gasteiger partial charge in [-0.2, -0.15) is 0 Å². The molecule has 2 aromatic carbocycles. The zero-order valence-corrected chi connectivity index (χ0v) is 13.4. The van der Waals surface area contributed by atoms with Crippen molar-refractivity contribution in [2.24, 2.45) is 0 Å². The Morgan fingerprint density at radius 1 is 1.10 bits per heavy atom. The molecule has 1 unspecified atom stereocenters. The van der Waals surface area contributed by atoms with Gasteiger partial charge in [-0.1, -0.05) is 42.0 Å². The summed E-state index contributed by atoms with van der Waals surface area (Å²) in [6, 6.07) is 14.2. The number of carbonyl (C=O) groups excluding carboxylic acids is 1. The van der Waals surface area contributed by atoms with Gasteiger partial charge in [-0.05, 0) is 38.5 Å². The summed E-state index contributed by atoms with van der Waals surface area (Å²) in [6.07, 6.45) is 0. The summed E-state index contributed by atoms with van der Waals surface area (Å²) in [4.78, 5) is 12.8. The van der Waals surface area contributed by atoms with Crippen LogP contribution in [0.2, 0.25) is 0 Å². The fourth-order valence-corrected chi connectivity index (χ4v) is 4.27. The number of rotatable bonds is 5. The standard InChI is InChI=1S/C17H19O3P/c1-4-20-21(19,15-8-6-5-7-9-15)17(18)16-11-10-13(2)12-14(16)3/h5-12H,4H2,1-3H3. The Morgan fingerprint density at radius 2 is 1.76 bits per heavy atom. The summed E-state index contributed by atoms with van der Waals surface area (Å²) in [5.41, 5.74) is 1.90. The van der Waals surface area contributed by atoms with E-state index in [2.05, 4.69) is 0 Å². The van der Waals surface area contributed by atoms with E-state index < -0.39 is 12.9 Å². The van der Waals surface area contributed by atoms with Crippen LogP contribution in [0.4, 0.5) is 0 Å². The van der Waals surface area contributed by atoms with Gasteiger partial charge >= 0.3 is 7.37 Å². The maximum Gasteiger partial charge on any atom is 0.300 e. The van der Waals surface area contributed by atoms with E-state index in [4.69, 9.17) is 4.52 Å². The van der Waals surface area contributed by atoms with Crippen LogP contribution in [-0.4, -0.2) is 12.1 Å². The Balaban J connectivity index is 2.52. The van der Waals surface area contributed by atoms with Crippen molar-refractivity contribution in [3.63, 3.8) is 0 Å². The first-order valence-electron chi connectivity index (χ1n) is 6.91. The van der Waals surface area contributed by atoms with E-state index in [-0.39, 0.29) is 6.61 Å². The van der Waals surface area contributed by atoms with Crippen molar-refractivity contribution < 1.29 is 13.9 Å². The lowest BCUT2D eigenvalue weighted by atomic mass is 10.1. The molecule has 0 spiro atoms. The fraction of sp³-hybridized carbons (Fsp3) is 0.235. The van der Waals surface area contributed by atoms with Gasteiger partial charge in [-0.15, -0.1) is 0 Å². The van der Waals surface area contributed by atoms with Crippen molar-refractivity contribution in [3.8, 4) is 0 Å². The van der Waals surface area contributed by atoms with Gasteiger partial charge < -0.3 is 4.52 Å². The average molecular weight is 302 g/mol. The summed E-state index contributed by atoms with van der Waals surface area (Å²) in [5, 5.41) is 0.442. The quantitative estimate of drug-likeness (QED) is 0.781. The SMILES string of the molecule is CCOP(=O)(C(=O)c1ccc(C)cc1C)c1ccccc1. The molecule has 4 heteroatoms. The van der Waals surface area contributed by atoms with Crippen LogP contribution in [0.5, 0.6) is 0 Å². The third kappa shape index (κ3) is 3.15. The van der Waals surface area contributed by atoms with Gasteiger partial charge in [0.25, 0.3) is 5.52 Å². The maximum atomic E-state index is 13.2. The molecule has 1 atom stereocenters. The maximum absolute atomic E-state index is 13.2. The highest BCUT2D eigenvalue weighted by atomic mass is 31.2. The molecule has 0 radical (unpaired) electrons. The smallest absolute Gasteiger partial charge is 0.300 e. The molecule has 2 rings (SSSR count). The summed E-state index contributed by atoms with van der Waals surface area (Å²) in [5.74, 6) is 0. The van der Waals surface area contributed by atoms with E-state index in [0.29, 0.717) is 10.9 Å². The van der Waals surface area contributed by atoms with Crippen molar-refractivity contribution in [1.29, 1.82) is 0 Å². The lowest BCUT2D eigenvalue weighted by Crippen LogP contribution is -2.16. The zero-order valence-electron chi connectivity index (χ0n) is 12.5. The van der Waals surface area contributed by atoms with Crippen LogP contribution in [0.3, 0.4) is 0 Å². The first kappa shape index (κ1) is 15.7. The molecule has 21 heavy (non-hydrogen) atoms. The molecule has 0 heterocycles. The number of carbonyl (C=O) groups is 1. The highest BCUT2D eigenvalue weighted by Crippen LogP contribution is 2.49. The van der Waals surface area contributed by atoms with Crippen molar-refractivity contribution >= 4 is 18.2 Å². The van der Waals surface area contributed by atoms with Crippen LogP contribution in [0.1, 0.15) is 28.4 Å². The monoisotopic (exact) mass is 302 g/mol. The molecule has 0 fully saturated rings. The minimum atomic E-state index is -3.57. The second kappa shape index (κ2) is 6.38. The molecule has 110 valence electrons. The van der Waals surface area contributed by atoms with Crippen molar-refractivity contribution in [2.75, 3.05) is 6.61 Å². The second-order valence-corrected chi connectivity index (χ2v) is 7.21. The highest BCUT2D eigenvalue weighted by molar-refractivity contribution is 7.83. The first-order chi connectivity index (χ1) is 9.99. The van der Waals surface area contributed by atoms with Crippen molar-refractivity contribution in [1.82, 2.24) is 0 Å². The van der Waals surface area contributed by atoms with E-state index >= 15 is 0 Å². The summed E-state index contributed by atoms with van der Waals surface area (Å²) in [7, 11) is -3.57. The van der Waals surface area contributed by atoms with E-state index in [1.807, 2.05) is 32.0 Å². The third-order valence-electron chi connectivity index (χ3n) is 3.29. The Labute approximate surface area is 125 Å². The summed E-state index contributed by atoms with van der Waals surface area (Å²) in [6.45, 7) is 5.77. The molecule has 0 saturated carbocycles. The number of hydrogen-bond donors (Lipinski definition) is 0. The fourth-order valence-electron chi connectivity index (χ4n) is 2.27. The predicted molar refractivity (Wildman–Crippen MR) is 85.6 cm³/mol. The molecule has 2 aromatic rings. The topological polar surface area (TPSA) is 43.4 Å². The van der Waals surface area contributed by atoms with Gasteiger partial charge in [0, 0.05) is 10.9 Å². The minimum Gasteiger partial charge on any atom is -0.320 e. The van der Waals surface area contributed by atoms with Gasteiger partial charge in [0.1, 0.15) is 0 Å². The Bertz CT molecular complexity index is 692. The van der Waals surface area contributed by atoms with Gasteiger partial charge in [0.15, 0.2) is 0 Å². The molecule has 0 amide bonds. The summed E-state index contributed by atoms with van der Waals surface area (Å²) < 4.78 is 18.6. The average Bonchev–Trinajstić information content (AvgIpc) is 2.47. The van der Waals surface area contributed by atoms with Crippen LogP contribution < -0.4 is 5.30 Å². The molecule has 3 nitrogen and oxygen atoms in total. The highest BCUT2D eigenvalue weighted by Gasteiger charge is 2.36. The lowest BCUT2D eigenvalue weighted by molar-refractivity contribution is 0.105. The van der Waals surface area contributed by atoms with E-state index in [1.165, 1.54) is 0 Å². The van der Waals surface area contributed by atoms with E-state index in [0.717, 1.165) is 11.1 Å². The number of benzene rings is 2. The molecule has 0 saturated heterocycles. The number of hydrogen-bond acceptors (Lipinski definition) is 3. The predicted octanol–water partition coefficient (Wildman–Crippen LogP) is 4.08. The molecule has 0 aromatic heterocycles. The Kier molecular flexibility index (Phi) is 4.76. The molecule has 0 N–H and O–H groups in total. The second-order valence-electron chi connectivity index (χ2n) is 4.93. The van der Waals surface area contributed by atoms with E-state index in [9.17, 15) is 9.36 Å². The van der Waals surface area contributed by atoms with Gasteiger partial charge in [0.05, 0.1) is 6.61 Å². The Hall–Kier alpha value is -1.70. The van der Waals surface area contributed by atoms with E-state index in [1.54, 1.807) is 37.3 Å². The molecular formula is C17H19O3P. The lowest BCUT2D eigenvalue weighted by Gasteiger charge is -2.18. The van der Waals surface area contributed by atoms with Crippen molar-refractivity contribution in [3.05, 3.63) is 65.2 Å². The molecule has 0 aliphatic heterocycles. The normalized spacial score (nSPS) is 13.7. The Morgan fingerprint density at radius 3 is 2.33 bits per heavy atom. The number of aryl methyl sites for hydroxylation is 2. The largest absolute Gasteiger partial charge is 0.320 e. The van der Waals surface area contributed by atoms with Gasteiger partial charge in [-0.25, -0.2) is 0 Å². The molecule has 0 aliphatic rings. The summed E-state index contributed by atoms with van der Waals surface area (Å²) >= 11 is 0. The molecule has 0 aliphatic carbocycles. The molecule has 0 bridgehead atoms. The van der Waals surface area contributed by atoms with Crippen LogP contribution in [-0.2, 0) is 9.09 Å². The van der Waals surface area contributed by atoms with Crippen molar-refractivity contribution in [2.45, 2.75) is 20.8 Å². The van der Waals surface area contributed by atoms with Gasteiger partial charge in [0.2, 0.25) is 0 Å². The third-order valence-corrected chi connectivity index (χ3v) is 5.66.